The van der Waals surface area contributed by atoms with Gasteiger partial charge in [-0.2, -0.15) is 0 Å². The highest BCUT2D eigenvalue weighted by Gasteiger charge is 1.92. The van der Waals surface area contributed by atoms with Gasteiger partial charge in [0.2, 0.25) is 0 Å². The van der Waals surface area contributed by atoms with Gasteiger partial charge in [0.05, 0.1) is 0 Å². The molecule has 4 aromatic rings. The highest BCUT2D eigenvalue weighted by Crippen LogP contribution is 2.09. The maximum Gasteiger partial charge on any atom is 0.336 e. The van der Waals surface area contributed by atoms with Crippen LogP contribution in [0.5, 0.6) is 0 Å². The zero-order valence-electron chi connectivity index (χ0n) is 13.7. The fourth-order valence-corrected chi connectivity index (χ4v) is 2.33. The van der Waals surface area contributed by atoms with Gasteiger partial charge in [-0.1, -0.05) is 91.0 Å². The largest absolute Gasteiger partial charge is 0.423 e. The number of benzene rings is 3. The summed E-state index contributed by atoms with van der Waals surface area (Å²) in [6.07, 6.45) is 4.24. The molecule has 0 saturated carbocycles. The minimum absolute atomic E-state index is 0.302. The molecule has 0 unspecified atom stereocenters. The van der Waals surface area contributed by atoms with E-state index in [1.807, 2.05) is 54.6 Å². The van der Waals surface area contributed by atoms with Crippen LogP contribution in [0.15, 0.2) is 106 Å². The summed E-state index contributed by atoms with van der Waals surface area (Å²) in [4.78, 5) is 10.7. The van der Waals surface area contributed by atoms with E-state index in [0.717, 1.165) is 5.39 Å². The average molecular weight is 326 g/mol. The van der Waals surface area contributed by atoms with Crippen LogP contribution in [0.25, 0.3) is 23.1 Å². The standard InChI is InChI=1S/C14H12.C9H6O2/c1-3-7-13(8-4-1)11-12-14-9-5-2-6-10-14;10-9-6-5-7-3-1-2-4-8(7)11-9/h1-12H;1-6H. The number of hydrogen-bond acceptors (Lipinski definition) is 2. The first-order valence-electron chi connectivity index (χ1n) is 8.08. The molecule has 0 atom stereocenters. The smallest absolute Gasteiger partial charge is 0.336 e. The lowest BCUT2D eigenvalue weighted by Gasteiger charge is -1.92. The molecular weight excluding hydrogens is 308 g/mol. The average Bonchev–Trinajstić information content (AvgIpc) is 2.68. The van der Waals surface area contributed by atoms with Crippen molar-refractivity contribution in [1.29, 1.82) is 0 Å². The van der Waals surface area contributed by atoms with E-state index in [4.69, 9.17) is 4.42 Å². The zero-order chi connectivity index (χ0) is 17.3. The topological polar surface area (TPSA) is 30.2 Å². The van der Waals surface area contributed by atoms with Crippen molar-refractivity contribution in [3.8, 4) is 0 Å². The van der Waals surface area contributed by atoms with Crippen molar-refractivity contribution in [3.05, 3.63) is 119 Å². The van der Waals surface area contributed by atoms with Crippen LogP contribution in [-0.4, -0.2) is 0 Å². The Labute approximate surface area is 146 Å². The van der Waals surface area contributed by atoms with Gasteiger partial charge < -0.3 is 4.42 Å². The highest BCUT2D eigenvalue weighted by molar-refractivity contribution is 5.75. The van der Waals surface area contributed by atoms with Gasteiger partial charge in [-0.25, -0.2) is 4.79 Å². The fourth-order valence-electron chi connectivity index (χ4n) is 2.33. The molecule has 1 heterocycles. The Kier molecular flexibility index (Phi) is 5.57. The first-order chi connectivity index (χ1) is 12.3. The van der Waals surface area contributed by atoms with Crippen LogP contribution < -0.4 is 5.63 Å². The van der Waals surface area contributed by atoms with E-state index in [-0.39, 0.29) is 5.63 Å². The quantitative estimate of drug-likeness (QED) is 0.352. The van der Waals surface area contributed by atoms with Crippen molar-refractivity contribution < 1.29 is 4.42 Å². The second-order valence-corrected chi connectivity index (χ2v) is 5.45. The van der Waals surface area contributed by atoms with Crippen LogP contribution in [-0.2, 0) is 0 Å². The predicted molar refractivity (Wildman–Crippen MR) is 104 cm³/mol. The molecule has 0 N–H and O–H groups in total. The third-order valence-electron chi connectivity index (χ3n) is 3.60. The molecule has 0 amide bonds. The van der Waals surface area contributed by atoms with Crippen molar-refractivity contribution in [2.45, 2.75) is 0 Å². The minimum Gasteiger partial charge on any atom is -0.423 e. The summed E-state index contributed by atoms with van der Waals surface area (Å²) in [5.74, 6) is 0. The summed E-state index contributed by atoms with van der Waals surface area (Å²) < 4.78 is 4.91. The number of hydrogen-bond donors (Lipinski definition) is 0. The lowest BCUT2D eigenvalue weighted by atomic mass is 10.1. The van der Waals surface area contributed by atoms with Crippen molar-refractivity contribution in [2.75, 3.05) is 0 Å². The number of para-hydroxylation sites is 1. The number of rotatable bonds is 2. The molecule has 0 spiro atoms. The second-order valence-electron chi connectivity index (χ2n) is 5.45. The summed E-state index contributed by atoms with van der Waals surface area (Å²) >= 11 is 0. The van der Waals surface area contributed by atoms with E-state index in [1.165, 1.54) is 17.2 Å². The SMILES string of the molecule is C(=Cc1ccccc1)c1ccccc1.O=c1ccc2ccccc2o1. The predicted octanol–water partition coefficient (Wildman–Crippen LogP) is 5.65. The maximum atomic E-state index is 10.7. The molecule has 0 aliphatic rings. The number of fused-ring (bicyclic) bond motifs is 1. The van der Waals surface area contributed by atoms with Crippen molar-refractivity contribution in [2.24, 2.45) is 0 Å². The lowest BCUT2D eigenvalue weighted by Crippen LogP contribution is -1.93. The first-order valence-corrected chi connectivity index (χ1v) is 8.08. The van der Waals surface area contributed by atoms with Gasteiger partial charge >= 0.3 is 5.63 Å². The highest BCUT2D eigenvalue weighted by atomic mass is 16.4. The molecule has 0 fully saturated rings. The fraction of sp³-hybridized carbons (Fsp3) is 0. The van der Waals surface area contributed by atoms with Crippen LogP contribution in [0.1, 0.15) is 11.1 Å². The van der Waals surface area contributed by atoms with Gasteiger partial charge in [-0.15, -0.1) is 0 Å². The summed E-state index contributed by atoms with van der Waals surface area (Å²) in [5.41, 5.74) is 2.80. The van der Waals surface area contributed by atoms with Gasteiger partial charge in [-0.05, 0) is 23.3 Å². The van der Waals surface area contributed by atoms with Crippen molar-refractivity contribution >= 4 is 23.1 Å². The molecule has 0 radical (unpaired) electrons. The van der Waals surface area contributed by atoms with E-state index in [2.05, 4.69) is 36.4 Å². The van der Waals surface area contributed by atoms with Gasteiger partial charge in [0, 0.05) is 11.5 Å². The van der Waals surface area contributed by atoms with Crippen LogP contribution in [0.3, 0.4) is 0 Å². The first kappa shape index (κ1) is 16.5. The molecule has 2 heteroatoms. The summed E-state index contributed by atoms with van der Waals surface area (Å²) in [5, 5.41) is 0.951. The Morgan fingerprint density at radius 1 is 0.560 bits per heavy atom. The maximum absolute atomic E-state index is 10.7. The Hall–Kier alpha value is -3.39. The molecule has 3 aromatic carbocycles. The Bertz CT molecular complexity index is 958. The Morgan fingerprint density at radius 2 is 1.08 bits per heavy atom. The second kappa shape index (κ2) is 8.46. The summed E-state index contributed by atoms with van der Waals surface area (Å²) in [6.45, 7) is 0. The van der Waals surface area contributed by atoms with E-state index in [0.29, 0.717) is 5.58 Å². The van der Waals surface area contributed by atoms with Crippen LogP contribution in [0.2, 0.25) is 0 Å². The third-order valence-corrected chi connectivity index (χ3v) is 3.60. The zero-order valence-corrected chi connectivity index (χ0v) is 13.7. The molecule has 0 bridgehead atoms. The van der Waals surface area contributed by atoms with Crippen LogP contribution in [0, 0.1) is 0 Å². The molecule has 0 aliphatic carbocycles. The van der Waals surface area contributed by atoms with Gasteiger partial charge in [0.25, 0.3) is 0 Å². The van der Waals surface area contributed by atoms with Crippen LogP contribution in [0.4, 0.5) is 0 Å². The minimum atomic E-state index is -0.302. The Morgan fingerprint density at radius 3 is 1.68 bits per heavy atom. The monoisotopic (exact) mass is 326 g/mol. The van der Waals surface area contributed by atoms with Crippen LogP contribution >= 0.6 is 0 Å². The third kappa shape index (κ3) is 5.05. The molecule has 2 nitrogen and oxygen atoms in total. The molecule has 0 aliphatic heterocycles. The Balaban J connectivity index is 0.000000150. The van der Waals surface area contributed by atoms with E-state index < -0.39 is 0 Å². The van der Waals surface area contributed by atoms with E-state index in [1.54, 1.807) is 12.1 Å². The lowest BCUT2D eigenvalue weighted by molar-refractivity contribution is 0.561. The molecule has 4 rings (SSSR count). The molecule has 25 heavy (non-hydrogen) atoms. The van der Waals surface area contributed by atoms with Gasteiger partial charge in [0.15, 0.2) is 0 Å². The summed E-state index contributed by atoms with van der Waals surface area (Å²) in [7, 11) is 0. The molecule has 0 saturated heterocycles. The van der Waals surface area contributed by atoms with E-state index in [9.17, 15) is 4.79 Å². The normalized spacial score (nSPS) is 10.4. The molecule has 1 aromatic heterocycles. The summed E-state index contributed by atoms with van der Waals surface area (Å²) in [6, 6.07) is 31.2. The van der Waals surface area contributed by atoms with E-state index >= 15 is 0 Å². The molecular formula is C23H18O2. The molecule has 122 valence electrons. The van der Waals surface area contributed by atoms with Gasteiger partial charge in [0.1, 0.15) is 5.58 Å². The van der Waals surface area contributed by atoms with Crippen molar-refractivity contribution in [3.63, 3.8) is 0 Å². The van der Waals surface area contributed by atoms with Crippen molar-refractivity contribution in [1.82, 2.24) is 0 Å². The van der Waals surface area contributed by atoms with Gasteiger partial charge in [-0.3, -0.25) is 0 Å².